The Labute approximate surface area is 115 Å². The Morgan fingerprint density at radius 1 is 1.05 bits per heavy atom. The molecular weight excluding hydrogens is 240 g/mol. The number of benzene rings is 1. The van der Waals surface area contributed by atoms with Crippen molar-refractivity contribution in [1.82, 2.24) is 0 Å². The Kier molecular flexibility index (Phi) is 3.63. The highest BCUT2D eigenvalue weighted by atomic mass is 16.8. The monoisotopic (exact) mass is 264 g/mol. The average molecular weight is 264 g/mol. The summed E-state index contributed by atoms with van der Waals surface area (Å²) in [6, 6.07) is 7.94. The zero-order valence-corrected chi connectivity index (χ0v) is 12.7. The summed E-state index contributed by atoms with van der Waals surface area (Å²) in [7, 11) is 3.39. The number of rotatable bonds is 5. The molecule has 1 aromatic rings. The molecule has 0 saturated carbocycles. The topological polar surface area (TPSA) is 31.0 Å². The minimum absolute atomic E-state index is 0.270. The van der Waals surface area contributed by atoms with Gasteiger partial charge in [0.05, 0.1) is 7.11 Å². The quantitative estimate of drug-likeness (QED) is 0.762. The minimum atomic E-state index is -0.649. The van der Waals surface area contributed by atoms with E-state index in [1.165, 1.54) is 0 Å². The molecule has 1 saturated heterocycles. The molecule has 0 bridgehead atoms. The summed E-state index contributed by atoms with van der Waals surface area (Å²) in [5, 5.41) is 0. The SMILES string of the molecule is COc1cccc(C2(OC)OC2(C(C)C)C(C)C)c1. The lowest BCUT2D eigenvalue weighted by atomic mass is 9.78. The van der Waals surface area contributed by atoms with Crippen molar-refractivity contribution in [2.75, 3.05) is 14.2 Å². The summed E-state index contributed by atoms with van der Waals surface area (Å²) < 4.78 is 17.3. The molecule has 0 aromatic heterocycles. The summed E-state index contributed by atoms with van der Waals surface area (Å²) in [4.78, 5) is 0. The van der Waals surface area contributed by atoms with Crippen molar-refractivity contribution < 1.29 is 14.2 Å². The third-order valence-electron chi connectivity index (χ3n) is 4.24. The highest BCUT2D eigenvalue weighted by molar-refractivity contribution is 5.37. The number of epoxide rings is 1. The Balaban J connectivity index is 2.46. The minimum Gasteiger partial charge on any atom is -0.497 e. The zero-order valence-electron chi connectivity index (χ0n) is 12.7. The zero-order chi connectivity index (χ0) is 14.3. The molecule has 1 aromatic carbocycles. The summed E-state index contributed by atoms with van der Waals surface area (Å²) in [5.74, 6) is 0.923. The predicted octanol–water partition coefficient (Wildman–Crippen LogP) is 3.58. The van der Waals surface area contributed by atoms with Crippen molar-refractivity contribution in [3.8, 4) is 5.75 Å². The largest absolute Gasteiger partial charge is 0.497 e. The van der Waals surface area contributed by atoms with Crippen LogP contribution in [0, 0.1) is 11.8 Å². The van der Waals surface area contributed by atoms with Crippen LogP contribution in [-0.4, -0.2) is 19.8 Å². The summed E-state index contributed by atoms with van der Waals surface area (Å²) in [6.07, 6.45) is 0. The second-order valence-electron chi connectivity index (χ2n) is 5.76. The van der Waals surface area contributed by atoms with Gasteiger partial charge in [0.1, 0.15) is 11.4 Å². The molecule has 19 heavy (non-hydrogen) atoms. The maximum absolute atomic E-state index is 6.17. The molecule has 0 amide bonds. The van der Waals surface area contributed by atoms with Gasteiger partial charge in [-0.25, -0.2) is 0 Å². The van der Waals surface area contributed by atoms with Crippen LogP contribution in [0.4, 0.5) is 0 Å². The maximum atomic E-state index is 6.17. The van der Waals surface area contributed by atoms with E-state index >= 15 is 0 Å². The fourth-order valence-electron chi connectivity index (χ4n) is 3.31. The molecule has 1 fully saturated rings. The van der Waals surface area contributed by atoms with Crippen LogP contribution >= 0.6 is 0 Å². The van der Waals surface area contributed by atoms with Gasteiger partial charge in [-0.05, 0) is 24.0 Å². The van der Waals surface area contributed by atoms with Crippen LogP contribution in [0.1, 0.15) is 33.3 Å². The van der Waals surface area contributed by atoms with Crippen molar-refractivity contribution in [2.45, 2.75) is 39.1 Å². The lowest BCUT2D eigenvalue weighted by Gasteiger charge is -2.26. The van der Waals surface area contributed by atoms with Gasteiger partial charge >= 0.3 is 0 Å². The first-order valence-corrected chi connectivity index (χ1v) is 6.84. The van der Waals surface area contributed by atoms with E-state index in [2.05, 4.69) is 27.7 Å². The molecule has 3 nitrogen and oxygen atoms in total. The Hall–Kier alpha value is -1.06. The van der Waals surface area contributed by atoms with Gasteiger partial charge in [0.15, 0.2) is 0 Å². The fourth-order valence-corrected chi connectivity index (χ4v) is 3.31. The number of ether oxygens (including phenoxy) is 3. The molecule has 1 atom stereocenters. The van der Waals surface area contributed by atoms with Crippen LogP contribution in [0.15, 0.2) is 24.3 Å². The third-order valence-corrected chi connectivity index (χ3v) is 4.24. The van der Waals surface area contributed by atoms with Crippen LogP contribution < -0.4 is 4.74 Å². The number of hydrogen-bond acceptors (Lipinski definition) is 3. The first-order chi connectivity index (χ1) is 8.94. The third kappa shape index (κ3) is 1.87. The van der Waals surface area contributed by atoms with E-state index in [4.69, 9.17) is 14.2 Å². The molecule has 1 heterocycles. The number of methoxy groups -OCH3 is 2. The molecular formula is C16H24O3. The molecule has 0 aliphatic carbocycles. The van der Waals surface area contributed by atoms with Crippen LogP contribution in [0.2, 0.25) is 0 Å². The van der Waals surface area contributed by atoms with Crippen molar-refractivity contribution in [3.63, 3.8) is 0 Å². The predicted molar refractivity (Wildman–Crippen MR) is 75.2 cm³/mol. The summed E-state index contributed by atoms with van der Waals surface area (Å²) in [6.45, 7) is 8.73. The van der Waals surface area contributed by atoms with E-state index in [1.54, 1.807) is 14.2 Å². The van der Waals surface area contributed by atoms with E-state index in [0.29, 0.717) is 11.8 Å². The Bertz CT molecular complexity index is 445. The number of hydrogen-bond donors (Lipinski definition) is 0. The maximum Gasteiger partial charge on any atom is 0.226 e. The molecule has 106 valence electrons. The van der Waals surface area contributed by atoms with Crippen LogP contribution in [0.3, 0.4) is 0 Å². The van der Waals surface area contributed by atoms with Gasteiger partial charge in [-0.15, -0.1) is 0 Å². The fraction of sp³-hybridized carbons (Fsp3) is 0.625. The first kappa shape index (κ1) is 14.4. The van der Waals surface area contributed by atoms with Gasteiger partial charge in [-0.3, -0.25) is 0 Å². The normalized spacial score (nSPS) is 24.8. The van der Waals surface area contributed by atoms with Gasteiger partial charge in [0, 0.05) is 12.7 Å². The van der Waals surface area contributed by atoms with E-state index in [1.807, 2.05) is 24.3 Å². The highest BCUT2D eigenvalue weighted by Gasteiger charge is 2.74. The Morgan fingerprint density at radius 2 is 1.68 bits per heavy atom. The van der Waals surface area contributed by atoms with Crippen LogP contribution in [-0.2, 0) is 15.3 Å². The first-order valence-electron chi connectivity index (χ1n) is 6.84. The van der Waals surface area contributed by atoms with Crippen molar-refractivity contribution >= 4 is 0 Å². The lowest BCUT2D eigenvalue weighted by molar-refractivity contribution is -0.0162. The van der Waals surface area contributed by atoms with Crippen molar-refractivity contribution in [1.29, 1.82) is 0 Å². The molecule has 0 radical (unpaired) electrons. The van der Waals surface area contributed by atoms with Gasteiger partial charge in [-0.2, -0.15) is 0 Å². The Morgan fingerprint density at radius 3 is 2.11 bits per heavy atom. The summed E-state index contributed by atoms with van der Waals surface area (Å²) >= 11 is 0. The van der Waals surface area contributed by atoms with E-state index in [0.717, 1.165) is 11.3 Å². The molecule has 3 heteroatoms. The molecule has 1 aliphatic rings. The van der Waals surface area contributed by atoms with Crippen LogP contribution in [0.5, 0.6) is 5.75 Å². The van der Waals surface area contributed by atoms with Crippen molar-refractivity contribution in [2.24, 2.45) is 11.8 Å². The van der Waals surface area contributed by atoms with Crippen LogP contribution in [0.25, 0.3) is 0 Å². The smallest absolute Gasteiger partial charge is 0.226 e. The second kappa shape index (κ2) is 4.80. The lowest BCUT2D eigenvalue weighted by Crippen LogP contribution is -2.35. The van der Waals surface area contributed by atoms with E-state index in [-0.39, 0.29) is 5.60 Å². The van der Waals surface area contributed by atoms with Crippen molar-refractivity contribution in [3.05, 3.63) is 29.8 Å². The molecule has 0 N–H and O–H groups in total. The summed E-state index contributed by atoms with van der Waals surface area (Å²) in [5.41, 5.74) is 0.755. The molecule has 2 rings (SSSR count). The van der Waals surface area contributed by atoms with Gasteiger partial charge in [-0.1, -0.05) is 39.8 Å². The second-order valence-corrected chi connectivity index (χ2v) is 5.76. The molecule has 1 aliphatic heterocycles. The van der Waals surface area contributed by atoms with Gasteiger partial charge < -0.3 is 14.2 Å². The molecule has 0 spiro atoms. The van der Waals surface area contributed by atoms with E-state index < -0.39 is 5.79 Å². The molecule has 1 unspecified atom stereocenters. The van der Waals surface area contributed by atoms with Gasteiger partial charge in [0.25, 0.3) is 0 Å². The highest BCUT2D eigenvalue weighted by Crippen LogP contribution is 2.63. The standard InChI is InChI=1S/C16H24O3/c1-11(2)15(12(3)4)16(18-6,19-15)13-8-7-9-14(10-13)17-5/h7-12H,1-6H3. The average Bonchev–Trinajstić information content (AvgIpc) is 3.11. The van der Waals surface area contributed by atoms with Gasteiger partial charge in [0.2, 0.25) is 5.79 Å². The van der Waals surface area contributed by atoms with E-state index in [9.17, 15) is 0 Å².